The number of carbonyl (C=O) groups excluding carboxylic acids is 7. The van der Waals surface area contributed by atoms with Crippen molar-refractivity contribution in [3.8, 4) is 0 Å². The number of nitrogens with one attached hydrogen (secondary N) is 6. The number of hydrogen-bond acceptors (Lipinski definition) is 14. The van der Waals surface area contributed by atoms with Gasteiger partial charge in [-0.05, 0) is 6.07 Å². The van der Waals surface area contributed by atoms with Crippen molar-refractivity contribution < 1.29 is 52.5 Å². The van der Waals surface area contributed by atoms with Crippen LogP contribution in [0.5, 0.6) is 0 Å². The Morgan fingerprint density at radius 2 is 1.12 bits per heavy atom. The van der Waals surface area contributed by atoms with Gasteiger partial charge in [-0.1, -0.05) is 0 Å². The predicted molar refractivity (Wildman–Crippen MR) is 230 cm³/mol. The Labute approximate surface area is 366 Å². The van der Waals surface area contributed by atoms with Crippen molar-refractivity contribution in [2.45, 2.75) is 19.3 Å². The monoisotopic (exact) mass is 895 g/mol. The lowest BCUT2D eigenvalue weighted by molar-refractivity contribution is -0.126. The minimum atomic E-state index is -0.600. The molecule has 0 bridgehead atoms. The molecular formula is C38H53N15O11. The number of nitrogens with two attached hydrogens (primary N) is 2. The topological polar surface area (TPSA) is 338 Å². The van der Waals surface area contributed by atoms with Gasteiger partial charge in [-0.25, -0.2) is 14.8 Å². The number of esters is 1. The van der Waals surface area contributed by atoms with E-state index in [0.29, 0.717) is 43.6 Å². The van der Waals surface area contributed by atoms with Crippen LogP contribution in [0.3, 0.4) is 0 Å². The Kier molecular flexibility index (Phi) is 18.5. The molecule has 26 nitrogen and oxygen atoms in total. The van der Waals surface area contributed by atoms with Gasteiger partial charge in [-0.2, -0.15) is 0 Å². The first-order valence-corrected chi connectivity index (χ1v) is 19.6. The molecule has 0 saturated carbocycles. The molecular weight excluding hydrogens is 843 g/mol. The Morgan fingerprint density at radius 1 is 0.609 bits per heavy atom. The molecule has 0 aliphatic rings. The minimum Gasteiger partial charge on any atom is -0.464 e. The molecule has 0 aliphatic carbocycles. The molecule has 10 N–H and O–H groups in total. The van der Waals surface area contributed by atoms with Crippen LogP contribution in [0.2, 0.25) is 0 Å². The van der Waals surface area contributed by atoms with Gasteiger partial charge in [0.1, 0.15) is 18.1 Å². The van der Waals surface area contributed by atoms with Crippen LogP contribution in [0, 0.1) is 0 Å². The number of anilines is 5. The highest BCUT2D eigenvalue weighted by molar-refractivity contribution is 6.04. The summed E-state index contributed by atoms with van der Waals surface area (Å²) in [5.41, 5.74) is 11.3. The highest BCUT2D eigenvalue weighted by Crippen LogP contribution is 2.20. The van der Waals surface area contributed by atoms with E-state index in [1.54, 1.807) is 39.0 Å². The summed E-state index contributed by atoms with van der Waals surface area (Å²) in [5, 5.41) is 15.8. The maximum Gasteiger partial charge on any atom is 0.354 e. The summed E-state index contributed by atoms with van der Waals surface area (Å²) in [5.74, 6) is -3.15. The number of aromatic nitrogens is 6. The van der Waals surface area contributed by atoms with E-state index in [1.807, 2.05) is 0 Å². The Morgan fingerprint density at radius 3 is 1.70 bits per heavy atom. The molecule has 0 atom stereocenters. The highest BCUT2D eigenvalue weighted by atomic mass is 16.5. The molecule has 4 heterocycles. The van der Waals surface area contributed by atoms with Gasteiger partial charge in [-0.3, -0.25) is 33.8 Å². The standard InChI is InChI=1S/C38H53N15O11/c1-50-18-23(16-25(50)37(60)61-5)43-35(58)33-47-26(20-52(33)3)45-29(54)6-7-30(55)49-28-17-24(19-51(28)2)44-36(59)34-48-27(21-53(34)4)46-31(56)8-9-41-32(57)22-64-15-14-63-13-12-62-11-10-42-38(39)40/h16-21H,6-15,22H2,1-5H3,(H,41,57)(H,43,58)(H,44,59)(H,45,54)(H,46,56)(H,49,55)(H4,39,40,42). The van der Waals surface area contributed by atoms with Crippen molar-refractivity contribution in [1.29, 1.82) is 0 Å². The Bertz CT molecular complexity index is 2320. The molecule has 4 aromatic heterocycles. The smallest absolute Gasteiger partial charge is 0.354 e. The SMILES string of the molecule is COC(=O)c1cc(NC(=O)c2nc(NC(=O)CCC(=O)Nc3cc(NC(=O)c4nc(NC(=O)CCNC(=O)COCCOCCOCCN=C(N)N)cn4C)cn3C)cn2C)cn1C. The molecule has 0 fully saturated rings. The minimum absolute atomic E-state index is 0.00169. The first-order chi connectivity index (χ1) is 30.5. The lowest BCUT2D eigenvalue weighted by Crippen LogP contribution is -2.31. The van der Waals surface area contributed by atoms with E-state index < -0.39 is 41.4 Å². The van der Waals surface area contributed by atoms with Crippen molar-refractivity contribution in [2.24, 2.45) is 44.7 Å². The number of methoxy groups -OCH3 is 1. The quantitative estimate of drug-likeness (QED) is 0.0176. The summed E-state index contributed by atoms with van der Waals surface area (Å²) < 4.78 is 26.5. The van der Waals surface area contributed by atoms with Crippen LogP contribution in [0.25, 0.3) is 0 Å². The number of aryl methyl sites for hydroxylation is 4. The second-order valence-corrected chi connectivity index (χ2v) is 13.8. The number of imidazole rings is 2. The van der Waals surface area contributed by atoms with Crippen LogP contribution >= 0.6 is 0 Å². The van der Waals surface area contributed by atoms with Gasteiger partial charge < -0.3 is 80.6 Å². The van der Waals surface area contributed by atoms with E-state index in [-0.39, 0.29) is 80.6 Å². The molecule has 64 heavy (non-hydrogen) atoms. The zero-order chi connectivity index (χ0) is 46.8. The van der Waals surface area contributed by atoms with Crippen LogP contribution in [0.1, 0.15) is 51.0 Å². The second-order valence-electron chi connectivity index (χ2n) is 13.8. The number of nitrogens with zero attached hydrogens (tertiary/aromatic N) is 7. The van der Waals surface area contributed by atoms with Gasteiger partial charge in [0.2, 0.25) is 35.3 Å². The van der Waals surface area contributed by atoms with Crippen LogP contribution in [0.4, 0.5) is 28.8 Å². The lowest BCUT2D eigenvalue weighted by atomic mass is 10.3. The number of guanidine groups is 1. The molecule has 0 aliphatic heterocycles. The number of ether oxygens (including phenoxy) is 4. The fourth-order valence-electron chi connectivity index (χ4n) is 5.60. The van der Waals surface area contributed by atoms with E-state index in [1.165, 1.54) is 51.5 Å². The molecule has 6 amide bonds. The summed E-state index contributed by atoms with van der Waals surface area (Å²) in [6.45, 7) is 1.67. The zero-order valence-corrected chi connectivity index (χ0v) is 36.0. The molecule has 346 valence electrons. The van der Waals surface area contributed by atoms with Gasteiger partial charge in [0, 0.05) is 84.9 Å². The zero-order valence-electron chi connectivity index (χ0n) is 36.0. The number of aliphatic imine (C=N–C) groups is 1. The van der Waals surface area contributed by atoms with E-state index in [2.05, 4.69) is 46.9 Å². The van der Waals surface area contributed by atoms with Gasteiger partial charge in [0.05, 0.1) is 58.1 Å². The molecule has 4 rings (SSSR count). The highest BCUT2D eigenvalue weighted by Gasteiger charge is 2.20. The van der Waals surface area contributed by atoms with Crippen molar-refractivity contribution >= 4 is 76.2 Å². The normalized spacial score (nSPS) is 10.8. The maximum atomic E-state index is 13.1. The van der Waals surface area contributed by atoms with Gasteiger partial charge in [0.15, 0.2) is 17.6 Å². The van der Waals surface area contributed by atoms with E-state index in [0.717, 1.165) is 0 Å². The average molecular weight is 896 g/mol. The van der Waals surface area contributed by atoms with Crippen molar-refractivity contribution in [3.63, 3.8) is 0 Å². The third-order valence-corrected chi connectivity index (χ3v) is 8.64. The lowest BCUT2D eigenvalue weighted by Gasteiger charge is -2.07. The fourth-order valence-corrected chi connectivity index (χ4v) is 5.60. The summed E-state index contributed by atoms with van der Waals surface area (Å²) >= 11 is 0. The van der Waals surface area contributed by atoms with Crippen LogP contribution in [0.15, 0.2) is 41.9 Å². The van der Waals surface area contributed by atoms with Crippen LogP contribution < -0.4 is 43.4 Å². The van der Waals surface area contributed by atoms with Gasteiger partial charge in [0.25, 0.3) is 11.8 Å². The number of amides is 6. The van der Waals surface area contributed by atoms with Crippen molar-refractivity contribution in [3.05, 3.63) is 54.3 Å². The summed E-state index contributed by atoms with van der Waals surface area (Å²) in [7, 11) is 7.64. The van der Waals surface area contributed by atoms with E-state index in [4.69, 9.17) is 30.4 Å². The fraction of sp³-hybridized carbons (Fsp3) is 0.421. The van der Waals surface area contributed by atoms with Gasteiger partial charge in [-0.15, -0.1) is 0 Å². The summed E-state index contributed by atoms with van der Waals surface area (Å²) in [6.07, 6.45) is 5.50. The first kappa shape index (κ1) is 49.1. The molecule has 0 aromatic carbocycles. The Hall–Kier alpha value is -7.58. The maximum absolute atomic E-state index is 13.1. The predicted octanol–water partition coefficient (Wildman–Crippen LogP) is -0.753. The van der Waals surface area contributed by atoms with Crippen molar-refractivity contribution in [2.75, 3.05) is 86.4 Å². The molecule has 4 aromatic rings. The third kappa shape index (κ3) is 15.7. The van der Waals surface area contributed by atoms with Crippen LogP contribution in [-0.4, -0.2) is 135 Å². The molecule has 0 radical (unpaired) electrons. The average Bonchev–Trinajstić information content (AvgIpc) is 3.99. The number of hydrogen-bond donors (Lipinski definition) is 8. The number of carbonyl (C=O) groups is 7. The molecule has 0 saturated heterocycles. The summed E-state index contributed by atoms with van der Waals surface area (Å²) in [4.78, 5) is 99.9. The Balaban J connectivity index is 1.13. The van der Waals surface area contributed by atoms with Crippen molar-refractivity contribution in [1.82, 2.24) is 33.6 Å². The largest absolute Gasteiger partial charge is 0.464 e. The molecule has 26 heteroatoms. The van der Waals surface area contributed by atoms with Crippen LogP contribution in [-0.2, 0) is 66.3 Å². The van der Waals surface area contributed by atoms with Gasteiger partial charge >= 0.3 is 5.97 Å². The van der Waals surface area contributed by atoms with E-state index in [9.17, 15) is 33.6 Å². The summed E-state index contributed by atoms with van der Waals surface area (Å²) in [6, 6.07) is 2.96. The molecule has 0 spiro atoms. The second kappa shape index (κ2) is 24.2. The third-order valence-electron chi connectivity index (χ3n) is 8.64. The number of rotatable bonds is 25. The van der Waals surface area contributed by atoms with E-state index >= 15 is 0 Å². The first-order valence-electron chi connectivity index (χ1n) is 19.6. The molecule has 0 unspecified atom stereocenters.